The molecule has 1 aliphatic rings. The maximum absolute atomic E-state index is 13.9. The highest BCUT2D eigenvalue weighted by Gasteiger charge is 2.30. The Hall–Kier alpha value is -2.99. The Balaban J connectivity index is 1.31. The quantitative estimate of drug-likeness (QED) is 0.380. The number of aromatic nitrogens is 1. The largest absolute Gasteiger partial charge is 0.497 e. The second-order valence-corrected chi connectivity index (χ2v) is 9.65. The van der Waals surface area contributed by atoms with Crippen molar-refractivity contribution in [3.8, 4) is 5.75 Å². The molecule has 3 aromatic rings. The van der Waals surface area contributed by atoms with E-state index in [-0.39, 0.29) is 18.2 Å². The molecule has 2 heterocycles. The van der Waals surface area contributed by atoms with Gasteiger partial charge in [-0.05, 0) is 105 Å². The molecule has 6 heteroatoms. The van der Waals surface area contributed by atoms with Gasteiger partial charge in [-0.25, -0.2) is 4.39 Å². The SMILES string of the molecule is COc1ccc2nccc(CCC[C@@H]3CCN(CCCc4ccccc4F)C[C@@H]3CC(=O)O)c2c1. The van der Waals surface area contributed by atoms with Crippen molar-refractivity contribution < 1.29 is 19.0 Å². The Kier molecular flexibility index (Phi) is 8.69. The van der Waals surface area contributed by atoms with E-state index in [0.717, 1.165) is 74.0 Å². The molecule has 2 atom stereocenters. The van der Waals surface area contributed by atoms with Gasteiger partial charge in [-0.2, -0.15) is 0 Å². The molecule has 0 unspecified atom stereocenters. The van der Waals surface area contributed by atoms with Crippen LogP contribution in [0.4, 0.5) is 4.39 Å². The molecule has 35 heavy (non-hydrogen) atoms. The second kappa shape index (κ2) is 12.1. The number of carboxylic acids is 1. The third-order valence-corrected chi connectivity index (χ3v) is 7.35. The van der Waals surface area contributed by atoms with Crippen molar-refractivity contribution in [1.29, 1.82) is 0 Å². The van der Waals surface area contributed by atoms with Crippen molar-refractivity contribution in [2.75, 3.05) is 26.7 Å². The number of carboxylic acid groups (broad SMARTS) is 1. The number of pyridine rings is 1. The molecule has 0 amide bonds. The second-order valence-electron chi connectivity index (χ2n) is 9.65. The van der Waals surface area contributed by atoms with Gasteiger partial charge in [0.15, 0.2) is 0 Å². The summed E-state index contributed by atoms with van der Waals surface area (Å²) in [5.41, 5.74) is 2.98. The van der Waals surface area contributed by atoms with Crippen LogP contribution in [0.25, 0.3) is 10.9 Å². The van der Waals surface area contributed by atoms with Gasteiger partial charge in [0.1, 0.15) is 11.6 Å². The van der Waals surface area contributed by atoms with Crippen LogP contribution in [-0.4, -0.2) is 47.7 Å². The highest BCUT2D eigenvalue weighted by Crippen LogP contribution is 2.32. The zero-order valence-electron chi connectivity index (χ0n) is 20.5. The topological polar surface area (TPSA) is 62.7 Å². The van der Waals surface area contributed by atoms with Gasteiger partial charge in [0, 0.05) is 24.5 Å². The summed E-state index contributed by atoms with van der Waals surface area (Å²) in [6.07, 6.45) is 7.66. The van der Waals surface area contributed by atoms with Crippen LogP contribution in [0.2, 0.25) is 0 Å². The maximum atomic E-state index is 13.9. The van der Waals surface area contributed by atoms with Crippen molar-refractivity contribution in [2.45, 2.75) is 44.9 Å². The average molecular weight is 479 g/mol. The lowest BCUT2D eigenvalue weighted by molar-refractivity contribution is -0.139. The lowest BCUT2D eigenvalue weighted by Crippen LogP contribution is -2.41. The van der Waals surface area contributed by atoms with Crippen LogP contribution in [0.3, 0.4) is 0 Å². The standard InChI is InChI=1S/C29H35FN2O3/c1-35-25-11-12-28-26(19-25)22(13-15-31-28)8-4-7-21-14-17-32(20-24(21)18-29(33)34)16-5-9-23-6-2-3-10-27(23)30/h2-3,6,10-13,15,19,21,24H,4-5,7-9,14,16-18,20H2,1H3,(H,33,34)/t21-,24+/m1/s1. The van der Waals surface area contributed by atoms with E-state index in [4.69, 9.17) is 4.74 Å². The van der Waals surface area contributed by atoms with E-state index in [1.807, 2.05) is 36.5 Å². The number of aliphatic carboxylic acids is 1. The van der Waals surface area contributed by atoms with Crippen LogP contribution >= 0.6 is 0 Å². The first-order valence-corrected chi connectivity index (χ1v) is 12.6. The van der Waals surface area contributed by atoms with E-state index in [2.05, 4.69) is 16.0 Å². The number of fused-ring (bicyclic) bond motifs is 1. The molecular weight excluding hydrogens is 443 g/mol. The summed E-state index contributed by atoms with van der Waals surface area (Å²) >= 11 is 0. The Morgan fingerprint density at radius 1 is 1.11 bits per heavy atom. The molecule has 0 spiro atoms. The molecule has 1 saturated heterocycles. The van der Waals surface area contributed by atoms with Crippen LogP contribution in [0.5, 0.6) is 5.75 Å². The molecule has 1 aliphatic heterocycles. The smallest absolute Gasteiger partial charge is 0.303 e. The Labute approximate surface area is 206 Å². The third-order valence-electron chi connectivity index (χ3n) is 7.35. The summed E-state index contributed by atoms with van der Waals surface area (Å²) in [6.45, 7) is 2.67. The molecule has 0 bridgehead atoms. The predicted molar refractivity (Wildman–Crippen MR) is 136 cm³/mol. The molecule has 0 aliphatic carbocycles. The minimum Gasteiger partial charge on any atom is -0.497 e. The molecule has 1 fully saturated rings. The maximum Gasteiger partial charge on any atom is 0.303 e. The number of ether oxygens (including phenoxy) is 1. The number of methoxy groups -OCH3 is 1. The fraction of sp³-hybridized carbons (Fsp3) is 0.448. The zero-order chi connectivity index (χ0) is 24.6. The predicted octanol–water partition coefficient (Wildman–Crippen LogP) is 5.75. The van der Waals surface area contributed by atoms with E-state index in [0.29, 0.717) is 12.3 Å². The van der Waals surface area contributed by atoms with Crippen LogP contribution in [0, 0.1) is 17.7 Å². The van der Waals surface area contributed by atoms with E-state index >= 15 is 0 Å². The van der Waals surface area contributed by atoms with Crippen molar-refractivity contribution in [3.05, 3.63) is 71.7 Å². The zero-order valence-corrected chi connectivity index (χ0v) is 20.5. The number of likely N-dealkylation sites (tertiary alicyclic amines) is 1. The summed E-state index contributed by atoms with van der Waals surface area (Å²) in [5.74, 6) is 0.534. The van der Waals surface area contributed by atoms with Crippen molar-refractivity contribution in [1.82, 2.24) is 9.88 Å². The summed E-state index contributed by atoms with van der Waals surface area (Å²) in [4.78, 5) is 18.4. The summed E-state index contributed by atoms with van der Waals surface area (Å²) < 4.78 is 19.3. The molecule has 1 aromatic heterocycles. The number of hydrogen-bond acceptors (Lipinski definition) is 4. The van der Waals surface area contributed by atoms with Gasteiger partial charge < -0.3 is 14.7 Å². The molecule has 4 rings (SSSR count). The lowest BCUT2D eigenvalue weighted by atomic mass is 9.79. The number of nitrogens with zero attached hydrogens (tertiary/aromatic N) is 2. The lowest BCUT2D eigenvalue weighted by Gasteiger charge is -2.38. The minimum absolute atomic E-state index is 0.143. The number of benzene rings is 2. The average Bonchev–Trinajstić information content (AvgIpc) is 2.86. The number of carbonyl (C=O) groups is 1. The molecule has 5 nitrogen and oxygen atoms in total. The Bertz CT molecular complexity index is 1140. The highest BCUT2D eigenvalue weighted by atomic mass is 19.1. The van der Waals surface area contributed by atoms with Gasteiger partial charge in [-0.15, -0.1) is 0 Å². The fourth-order valence-corrected chi connectivity index (χ4v) is 5.47. The molecule has 2 aromatic carbocycles. The number of rotatable bonds is 11. The first-order valence-electron chi connectivity index (χ1n) is 12.6. The van der Waals surface area contributed by atoms with E-state index < -0.39 is 5.97 Å². The van der Waals surface area contributed by atoms with Gasteiger partial charge in [0.2, 0.25) is 0 Å². The van der Waals surface area contributed by atoms with E-state index in [1.54, 1.807) is 13.2 Å². The summed E-state index contributed by atoms with van der Waals surface area (Å²) in [6, 6.07) is 15.0. The first kappa shape index (κ1) is 25.1. The highest BCUT2D eigenvalue weighted by molar-refractivity contribution is 5.83. The first-order chi connectivity index (χ1) is 17.0. The van der Waals surface area contributed by atoms with Gasteiger partial charge in [0.05, 0.1) is 12.6 Å². The normalized spacial score (nSPS) is 18.6. The molecular formula is C29H35FN2O3. The fourth-order valence-electron chi connectivity index (χ4n) is 5.47. The van der Waals surface area contributed by atoms with Crippen molar-refractivity contribution in [2.24, 2.45) is 11.8 Å². The molecule has 0 saturated carbocycles. The Morgan fingerprint density at radius 2 is 1.94 bits per heavy atom. The van der Waals surface area contributed by atoms with Crippen molar-refractivity contribution in [3.63, 3.8) is 0 Å². The van der Waals surface area contributed by atoms with Crippen LogP contribution in [-0.2, 0) is 17.6 Å². The summed E-state index contributed by atoms with van der Waals surface area (Å²) in [5, 5.41) is 10.6. The van der Waals surface area contributed by atoms with Crippen LogP contribution in [0.15, 0.2) is 54.7 Å². The molecule has 186 valence electrons. The monoisotopic (exact) mass is 478 g/mol. The molecule has 0 radical (unpaired) electrons. The van der Waals surface area contributed by atoms with Gasteiger partial charge >= 0.3 is 5.97 Å². The Morgan fingerprint density at radius 3 is 2.74 bits per heavy atom. The molecule has 1 N–H and O–H groups in total. The van der Waals surface area contributed by atoms with E-state index in [9.17, 15) is 14.3 Å². The van der Waals surface area contributed by atoms with Gasteiger partial charge in [-0.1, -0.05) is 18.2 Å². The van der Waals surface area contributed by atoms with E-state index in [1.165, 1.54) is 11.6 Å². The van der Waals surface area contributed by atoms with Gasteiger partial charge in [0.25, 0.3) is 0 Å². The number of piperidine rings is 1. The van der Waals surface area contributed by atoms with Crippen molar-refractivity contribution >= 4 is 16.9 Å². The number of aryl methyl sites for hydroxylation is 2. The van der Waals surface area contributed by atoms with Crippen LogP contribution in [0.1, 0.15) is 43.2 Å². The minimum atomic E-state index is -0.722. The number of hydrogen-bond donors (Lipinski definition) is 1. The van der Waals surface area contributed by atoms with Crippen LogP contribution < -0.4 is 4.74 Å². The number of halogens is 1. The third kappa shape index (κ3) is 6.79. The van der Waals surface area contributed by atoms with Gasteiger partial charge in [-0.3, -0.25) is 9.78 Å². The summed E-state index contributed by atoms with van der Waals surface area (Å²) in [7, 11) is 1.67.